The van der Waals surface area contributed by atoms with Gasteiger partial charge in [-0.25, -0.2) is 0 Å². The average molecular weight is 232 g/mol. The van der Waals surface area contributed by atoms with E-state index in [2.05, 4.69) is 43.0 Å². The number of piperidine rings is 1. The van der Waals surface area contributed by atoms with Crippen molar-refractivity contribution in [2.45, 2.75) is 39.2 Å². The molecule has 0 aliphatic carbocycles. The van der Waals surface area contributed by atoms with Crippen LogP contribution in [0, 0.1) is 5.92 Å². The van der Waals surface area contributed by atoms with Gasteiger partial charge in [-0.2, -0.15) is 0 Å². The zero-order valence-corrected chi connectivity index (χ0v) is 11.0. The maximum atomic E-state index is 6.05. The van der Waals surface area contributed by atoms with Gasteiger partial charge in [-0.05, 0) is 37.3 Å². The van der Waals surface area contributed by atoms with Crippen molar-refractivity contribution in [1.29, 1.82) is 0 Å². The van der Waals surface area contributed by atoms with Crippen LogP contribution in [0.2, 0.25) is 0 Å². The topological polar surface area (TPSA) is 29.3 Å². The lowest BCUT2D eigenvalue weighted by Gasteiger charge is -2.35. The van der Waals surface area contributed by atoms with E-state index in [9.17, 15) is 0 Å². The first-order valence-corrected chi connectivity index (χ1v) is 6.81. The van der Waals surface area contributed by atoms with E-state index >= 15 is 0 Å². The SMILES string of the molecule is CCC1CCN(c2ccccc2[C@H](C)N)CC1. The normalized spacial score (nSPS) is 19.4. The molecule has 0 amide bonds. The van der Waals surface area contributed by atoms with Crippen molar-refractivity contribution in [3.05, 3.63) is 29.8 Å². The number of nitrogens with zero attached hydrogens (tertiary/aromatic N) is 1. The molecular weight excluding hydrogens is 208 g/mol. The van der Waals surface area contributed by atoms with Gasteiger partial charge in [-0.1, -0.05) is 31.5 Å². The van der Waals surface area contributed by atoms with Crippen LogP contribution in [0.1, 0.15) is 44.7 Å². The summed E-state index contributed by atoms with van der Waals surface area (Å²) in [5.74, 6) is 0.925. The molecule has 17 heavy (non-hydrogen) atoms. The predicted molar refractivity (Wildman–Crippen MR) is 74.3 cm³/mol. The molecule has 1 aliphatic rings. The van der Waals surface area contributed by atoms with E-state index in [1.165, 1.54) is 43.6 Å². The van der Waals surface area contributed by atoms with Crippen LogP contribution in [0.3, 0.4) is 0 Å². The van der Waals surface area contributed by atoms with Crippen LogP contribution in [0.4, 0.5) is 5.69 Å². The molecule has 94 valence electrons. The fourth-order valence-electron chi connectivity index (χ4n) is 2.74. The maximum absolute atomic E-state index is 6.05. The van der Waals surface area contributed by atoms with E-state index in [-0.39, 0.29) is 6.04 Å². The number of rotatable bonds is 3. The molecule has 1 aliphatic heterocycles. The van der Waals surface area contributed by atoms with Crippen LogP contribution in [-0.4, -0.2) is 13.1 Å². The van der Waals surface area contributed by atoms with Crippen molar-refractivity contribution >= 4 is 5.69 Å². The minimum atomic E-state index is 0.120. The number of anilines is 1. The Morgan fingerprint density at radius 2 is 1.94 bits per heavy atom. The molecule has 1 aromatic carbocycles. The zero-order valence-electron chi connectivity index (χ0n) is 11.0. The molecule has 0 spiro atoms. The van der Waals surface area contributed by atoms with Crippen molar-refractivity contribution < 1.29 is 0 Å². The van der Waals surface area contributed by atoms with Gasteiger partial charge < -0.3 is 10.6 Å². The van der Waals surface area contributed by atoms with Crippen molar-refractivity contribution in [3.63, 3.8) is 0 Å². The molecule has 0 unspecified atom stereocenters. The Labute approximate surface area is 105 Å². The van der Waals surface area contributed by atoms with Gasteiger partial charge in [0.2, 0.25) is 0 Å². The van der Waals surface area contributed by atoms with E-state index in [0.29, 0.717) is 0 Å². The van der Waals surface area contributed by atoms with E-state index < -0.39 is 0 Å². The Bertz CT molecular complexity index is 352. The van der Waals surface area contributed by atoms with E-state index in [0.717, 1.165) is 5.92 Å². The number of hydrogen-bond donors (Lipinski definition) is 1. The molecule has 0 aromatic heterocycles. The van der Waals surface area contributed by atoms with Crippen LogP contribution in [0.15, 0.2) is 24.3 Å². The van der Waals surface area contributed by atoms with Crippen molar-refractivity contribution in [3.8, 4) is 0 Å². The molecule has 2 nitrogen and oxygen atoms in total. The summed E-state index contributed by atoms with van der Waals surface area (Å²) >= 11 is 0. The Balaban J connectivity index is 2.13. The van der Waals surface area contributed by atoms with Crippen LogP contribution < -0.4 is 10.6 Å². The van der Waals surface area contributed by atoms with Crippen LogP contribution >= 0.6 is 0 Å². The number of benzene rings is 1. The van der Waals surface area contributed by atoms with Gasteiger partial charge in [-0.3, -0.25) is 0 Å². The summed E-state index contributed by atoms with van der Waals surface area (Å²) in [5.41, 5.74) is 8.67. The number of hydrogen-bond acceptors (Lipinski definition) is 2. The van der Waals surface area contributed by atoms with Crippen molar-refractivity contribution in [2.24, 2.45) is 11.7 Å². The second-order valence-corrected chi connectivity index (χ2v) is 5.19. The van der Waals surface area contributed by atoms with Crippen LogP contribution in [0.5, 0.6) is 0 Å². The fraction of sp³-hybridized carbons (Fsp3) is 0.600. The molecule has 1 atom stereocenters. The van der Waals surface area contributed by atoms with Gasteiger partial charge in [0, 0.05) is 24.8 Å². The Morgan fingerprint density at radius 3 is 2.53 bits per heavy atom. The summed E-state index contributed by atoms with van der Waals surface area (Å²) in [6, 6.07) is 8.69. The number of nitrogens with two attached hydrogens (primary N) is 1. The maximum Gasteiger partial charge on any atom is 0.0414 e. The van der Waals surface area contributed by atoms with E-state index in [1.54, 1.807) is 0 Å². The third-order valence-corrected chi connectivity index (χ3v) is 3.96. The number of para-hydroxylation sites is 1. The summed E-state index contributed by atoms with van der Waals surface area (Å²) in [6.45, 7) is 6.73. The molecule has 0 bridgehead atoms. The van der Waals surface area contributed by atoms with Crippen molar-refractivity contribution in [1.82, 2.24) is 0 Å². The first-order valence-electron chi connectivity index (χ1n) is 6.81. The lowest BCUT2D eigenvalue weighted by atomic mass is 9.93. The lowest BCUT2D eigenvalue weighted by molar-refractivity contribution is 0.394. The molecule has 0 saturated carbocycles. The smallest absolute Gasteiger partial charge is 0.0414 e. The first-order chi connectivity index (χ1) is 8.22. The Morgan fingerprint density at radius 1 is 1.29 bits per heavy atom. The van der Waals surface area contributed by atoms with Gasteiger partial charge in [0.25, 0.3) is 0 Å². The zero-order chi connectivity index (χ0) is 12.3. The molecule has 1 saturated heterocycles. The first kappa shape index (κ1) is 12.4. The highest BCUT2D eigenvalue weighted by Crippen LogP contribution is 2.29. The Kier molecular flexibility index (Phi) is 4.06. The molecular formula is C15H24N2. The summed E-state index contributed by atoms with van der Waals surface area (Å²) in [6.07, 6.45) is 3.97. The highest BCUT2D eigenvalue weighted by molar-refractivity contribution is 5.55. The second kappa shape index (κ2) is 5.54. The van der Waals surface area contributed by atoms with Crippen LogP contribution in [-0.2, 0) is 0 Å². The summed E-state index contributed by atoms with van der Waals surface area (Å²) in [7, 11) is 0. The molecule has 2 rings (SSSR count). The molecule has 2 N–H and O–H groups in total. The lowest BCUT2D eigenvalue weighted by Crippen LogP contribution is -2.34. The van der Waals surface area contributed by atoms with E-state index in [1.807, 2.05) is 0 Å². The van der Waals surface area contributed by atoms with Crippen molar-refractivity contribution in [2.75, 3.05) is 18.0 Å². The van der Waals surface area contributed by atoms with Gasteiger partial charge in [0.1, 0.15) is 0 Å². The third-order valence-electron chi connectivity index (χ3n) is 3.96. The standard InChI is InChI=1S/C15H24N2/c1-3-13-8-10-17(11-9-13)15-7-5-4-6-14(15)12(2)16/h4-7,12-13H,3,8-11,16H2,1-2H3/t12-/m0/s1. The molecule has 1 aromatic rings. The molecule has 0 radical (unpaired) electrons. The third kappa shape index (κ3) is 2.81. The minimum Gasteiger partial charge on any atom is -0.371 e. The summed E-state index contributed by atoms with van der Waals surface area (Å²) < 4.78 is 0. The molecule has 1 fully saturated rings. The minimum absolute atomic E-state index is 0.120. The van der Waals surface area contributed by atoms with Gasteiger partial charge in [-0.15, -0.1) is 0 Å². The quantitative estimate of drug-likeness (QED) is 0.866. The summed E-state index contributed by atoms with van der Waals surface area (Å²) in [5, 5.41) is 0. The Hall–Kier alpha value is -1.02. The van der Waals surface area contributed by atoms with Crippen LogP contribution in [0.25, 0.3) is 0 Å². The molecule has 2 heteroatoms. The summed E-state index contributed by atoms with van der Waals surface area (Å²) in [4.78, 5) is 2.50. The van der Waals surface area contributed by atoms with Gasteiger partial charge in [0.15, 0.2) is 0 Å². The van der Waals surface area contributed by atoms with Gasteiger partial charge in [0.05, 0.1) is 0 Å². The fourth-order valence-corrected chi connectivity index (χ4v) is 2.74. The highest BCUT2D eigenvalue weighted by Gasteiger charge is 2.20. The van der Waals surface area contributed by atoms with Gasteiger partial charge >= 0.3 is 0 Å². The molecule has 1 heterocycles. The van der Waals surface area contributed by atoms with E-state index in [4.69, 9.17) is 5.73 Å². The predicted octanol–water partition coefficient (Wildman–Crippen LogP) is 3.33. The largest absolute Gasteiger partial charge is 0.371 e. The average Bonchev–Trinajstić information content (AvgIpc) is 2.39. The second-order valence-electron chi connectivity index (χ2n) is 5.19. The monoisotopic (exact) mass is 232 g/mol. The highest BCUT2D eigenvalue weighted by atomic mass is 15.1.